The summed E-state index contributed by atoms with van der Waals surface area (Å²) in [6.07, 6.45) is 3.14. The number of tetrazole rings is 1. The summed E-state index contributed by atoms with van der Waals surface area (Å²) < 4.78 is 1.82. The lowest BCUT2D eigenvalue weighted by molar-refractivity contribution is -0.118. The maximum Gasteiger partial charge on any atom is 0.230 e. The number of carbonyl (C=O) groups excluding carboxylic acids is 1. The van der Waals surface area contributed by atoms with Gasteiger partial charge in [0.1, 0.15) is 0 Å². The minimum atomic E-state index is 0.0249. The number of carbonyl (C=O) groups is 1. The van der Waals surface area contributed by atoms with E-state index in [1.165, 1.54) is 16.6 Å². The fourth-order valence-electron chi connectivity index (χ4n) is 1.79. The zero-order chi connectivity index (χ0) is 13.8. The first-order chi connectivity index (χ1) is 9.83. The molecule has 0 spiro atoms. The molecule has 1 N–H and O–H groups in total. The smallest absolute Gasteiger partial charge is 0.230 e. The summed E-state index contributed by atoms with van der Waals surface area (Å²) in [7, 11) is 0. The van der Waals surface area contributed by atoms with Gasteiger partial charge in [0.05, 0.1) is 11.8 Å². The standard InChI is InChI=1S/C12H15N5OS2/c18-11(13-6-5-10-2-1-7-19-10)8-20-12-14-15-16-17(12)9-3-4-9/h1-2,7,9H,3-6,8H2,(H,13,18). The third-order valence-electron chi connectivity index (χ3n) is 2.96. The second-order valence-corrected chi connectivity index (χ2v) is 6.58. The van der Waals surface area contributed by atoms with Crippen LogP contribution in [0.1, 0.15) is 23.8 Å². The van der Waals surface area contributed by atoms with Gasteiger partial charge < -0.3 is 5.32 Å². The Balaban J connectivity index is 1.39. The van der Waals surface area contributed by atoms with Crippen molar-refractivity contribution in [3.63, 3.8) is 0 Å². The summed E-state index contributed by atoms with van der Waals surface area (Å²) in [6, 6.07) is 4.54. The van der Waals surface area contributed by atoms with E-state index in [0.717, 1.165) is 24.4 Å². The van der Waals surface area contributed by atoms with Crippen molar-refractivity contribution in [1.82, 2.24) is 25.5 Å². The van der Waals surface area contributed by atoms with Crippen molar-refractivity contribution in [2.45, 2.75) is 30.5 Å². The van der Waals surface area contributed by atoms with Gasteiger partial charge in [0.25, 0.3) is 0 Å². The van der Waals surface area contributed by atoms with Gasteiger partial charge in [-0.05, 0) is 41.1 Å². The topological polar surface area (TPSA) is 72.7 Å². The summed E-state index contributed by atoms with van der Waals surface area (Å²) in [6.45, 7) is 0.674. The molecular formula is C12H15N5OS2. The lowest BCUT2D eigenvalue weighted by Gasteiger charge is -2.04. The molecule has 1 saturated carbocycles. The van der Waals surface area contributed by atoms with E-state index < -0.39 is 0 Å². The van der Waals surface area contributed by atoms with Crippen molar-refractivity contribution in [1.29, 1.82) is 0 Å². The van der Waals surface area contributed by atoms with E-state index in [1.807, 2.05) is 16.1 Å². The van der Waals surface area contributed by atoms with Gasteiger partial charge in [-0.25, -0.2) is 4.68 Å². The van der Waals surface area contributed by atoms with E-state index in [-0.39, 0.29) is 5.91 Å². The van der Waals surface area contributed by atoms with Crippen LogP contribution in [0.3, 0.4) is 0 Å². The van der Waals surface area contributed by atoms with E-state index in [9.17, 15) is 4.79 Å². The lowest BCUT2D eigenvalue weighted by Crippen LogP contribution is -2.27. The van der Waals surface area contributed by atoms with Gasteiger partial charge in [-0.3, -0.25) is 4.79 Å². The molecule has 106 valence electrons. The molecule has 6 nitrogen and oxygen atoms in total. The van der Waals surface area contributed by atoms with Crippen LogP contribution in [0.15, 0.2) is 22.7 Å². The molecule has 0 saturated heterocycles. The van der Waals surface area contributed by atoms with Crippen LogP contribution in [0.5, 0.6) is 0 Å². The molecule has 1 aliphatic rings. The number of hydrogen-bond donors (Lipinski definition) is 1. The largest absolute Gasteiger partial charge is 0.355 e. The number of aromatic nitrogens is 4. The average molecular weight is 309 g/mol. The Morgan fingerprint density at radius 2 is 2.45 bits per heavy atom. The van der Waals surface area contributed by atoms with Crippen molar-refractivity contribution in [3.8, 4) is 0 Å². The first-order valence-electron chi connectivity index (χ1n) is 6.52. The predicted molar refractivity (Wildman–Crippen MR) is 77.8 cm³/mol. The van der Waals surface area contributed by atoms with Crippen LogP contribution < -0.4 is 5.32 Å². The lowest BCUT2D eigenvalue weighted by atomic mass is 10.3. The SMILES string of the molecule is O=C(CSc1nnnn1C1CC1)NCCc1cccs1. The monoisotopic (exact) mass is 309 g/mol. The third kappa shape index (κ3) is 3.57. The highest BCUT2D eigenvalue weighted by molar-refractivity contribution is 7.99. The molecule has 0 radical (unpaired) electrons. The van der Waals surface area contributed by atoms with Gasteiger partial charge in [0.2, 0.25) is 11.1 Å². The zero-order valence-corrected chi connectivity index (χ0v) is 12.5. The number of rotatable bonds is 7. The fourth-order valence-corrected chi connectivity index (χ4v) is 3.27. The van der Waals surface area contributed by atoms with Crippen molar-refractivity contribution >= 4 is 29.0 Å². The van der Waals surface area contributed by atoms with E-state index in [0.29, 0.717) is 18.3 Å². The van der Waals surface area contributed by atoms with Gasteiger partial charge in [-0.15, -0.1) is 16.4 Å². The molecule has 3 rings (SSSR count). The van der Waals surface area contributed by atoms with E-state index in [4.69, 9.17) is 0 Å². The Kier molecular flexibility index (Phi) is 4.31. The first-order valence-corrected chi connectivity index (χ1v) is 8.39. The Morgan fingerprint density at radius 3 is 3.20 bits per heavy atom. The molecule has 0 bridgehead atoms. The Bertz CT molecular complexity index is 564. The molecule has 0 aromatic carbocycles. The van der Waals surface area contributed by atoms with E-state index >= 15 is 0 Å². The van der Waals surface area contributed by atoms with Crippen molar-refractivity contribution in [2.75, 3.05) is 12.3 Å². The summed E-state index contributed by atoms with van der Waals surface area (Å²) in [5.74, 6) is 0.384. The van der Waals surface area contributed by atoms with Crippen LogP contribution in [0.25, 0.3) is 0 Å². The molecule has 20 heavy (non-hydrogen) atoms. The number of nitrogens with zero attached hydrogens (tertiary/aromatic N) is 4. The summed E-state index contributed by atoms with van der Waals surface area (Å²) in [5.41, 5.74) is 0. The van der Waals surface area contributed by atoms with Gasteiger partial charge in [-0.2, -0.15) is 0 Å². The Labute approximate surface area is 124 Å². The molecular weight excluding hydrogens is 294 g/mol. The molecule has 2 aromatic heterocycles. The number of thiophene rings is 1. The van der Waals surface area contributed by atoms with Gasteiger partial charge in [0.15, 0.2) is 0 Å². The molecule has 8 heteroatoms. The van der Waals surface area contributed by atoms with Crippen molar-refractivity contribution < 1.29 is 4.79 Å². The van der Waals surface area contributed by atoms with Crippen LogP contribution in [-0.2, 0) is 11.2 Å². The quantitative estimate of drug-likeness (QED) is 0.785. The number of amides is 1. The highest BCUT2D eigenvalue weighted by atomic mass is 32.2. The van der Waals surface area contributed by atoms with Gasteiger partial charge >= 0.3 is 0 Å². The molecule has 0 unspecified atom stereocenters. The first kappa shape index (κ1) is 13.6. The fraction of sp³-hybridized carbons (Fsp3) is 0.500. The molecule has 2 heterocycles. The summed E-state index contributed by atoms with van der Waals surface area (Å²) >= 11 is 3.11. The molecule has 0 atom stereocenters. The minimum Gasteiger partial charge on any atom is -0.355 e. The van der Waals surface area contributed by atoms with Crippen LogP contribution in [0.2, 0.25) is 0 Å². The van der Waals surface area contributed by atoms with Gasteiger partial charge in [0, 0.05) is 11.4 Å². The van der Waals surface area contributed by atoms with E-state index in [2.05, 4.69) is 26.9 Å². The summed E-state index contributed by atoms with van der Waals surface area (Å²) in [4.78, 5) is 13.0. The highest BCUT2D eigenvalue weighted by Crippen LogP contribution is 2.36. The van der Waals surface area contributed by atoms with Gasteiger partial charge in [-0.1, -0.05) is 17.8 Å². The summed E-state index contributed by atoms with van der Waals surface area (Å²) in [5, 5.41) is 17.3. The predicted octanol–water partition coefficient (Wildman–Crippen LogP) is 1.52. The minimum absolute atomic E-state index is 0.0249. The van der Waals surface area contributed by atoms with Crippen LogP contribution >= 0.6 is 23.1 Å². The molecule has 1 amide bonds. The van der Waals surface area contributed by atoms with Crippen LogP contribution in [0, 0.1) is 0 Å². The third-order valence-corrected chi connectivity index (χ3v) is 4.83. The normalized spacial score (nSPS) is 14.4. The Morgan fingerprint density at radius 1 is 1.55 bits per heavy atom. The number of hydrogen-bond acceptors (Lipinski definition) is 6. The molecule has 2 aromatic rings. The van der Waals surface area contributed by atoms with Crippen LogP contribution in [-0.4, -0.2) is 38.4 Å². The Hall–Kier alpha value is -1.41. The second kappa shape index (κ2) is 6.36. The molecule has 1 aliphatic carbocycles. The second-order valence-electron chi connectivity index (χ2n) is 4.61. The molecule has 1 fully saturated rings. The maximum atomic E-state index is 11.8. The number of thioether (sulfide) groups is 1. The average Bonchev–Trinajstić information content (AvgIpc) is 2.98. The zero-order valence-electron chi connectivity index (χ0n) is 10.9. The van der Waals surface area contributed by atoms with Crippen molar-refractivity contribution in [2.24, 2.45) is 0 Å². The van der Waals surface area contributed by atoms with Crippen LogP contribution in [0.4, 0.5) is 0 Å². The number of nitrogens with one attached hydrogen (secondary N) is 1. The highest BCUT2D eigenvalue weighted by Gasteiger charge is 2.28. The maximum absolute atomic E-state index is 11.8. The van der Waals surface area contributed by atoms with E-state index in [1.54, 1.807) is 11.3 Å². The van der Waals surface area contributed by atoms with Crippen molar-refractivity contribution in [3.05, 3.63) is 22.4 Å². The molecule has 0 aliphatic heterocycles.